The molecule has 6 nitrogen and oxygen atoms in total. The van der Waals surface area contributed by atoms with Crippen LogP contribution in [0.25, 0.3) is 0 Å². The molecule has 0 saturated carbocycles. The minimum absolute atomic E-state index is 0.0291. The Kier molecular flexibility index (Phi) is 6.55. The quantitative estimate of drug-likeness (QED) is 0.661. The molecule has 3 heterocycles. The number of nitrogens with zero attached hydrogens (tertiary/aromatic N) is 5. The van der Waals surface area contributed by atoms with E-state index in [0.29, 0.717) is 23.7 Å². The van der Waals surface area contributed by atoms with E-state index < -0.39 is 0 Å². The van der Waals surface area contributed by atoms with E-state index >= 15 is 0 Å². The van der Waals surface area contributed by atoms with Crippen LogP contribution in [-0.4, -0.2) is 60.3 Å². The average Bonchev–Trinajstić information content (AvgIpc) is 3.05. The van der Waals surface area contributed by atoms with Gasteiger partial charge in [-0.2, -0.15) is 0 Å². The third-order valence-electron chi connectivity index (χ3n) is 5.62. The monoisotopic (exact) mass is 477 g/mol. The fourth-order valence-electron chi connectivity index (χ4n) is 3.93. The second kappa shape index (κ2) is 9.30. The highest BCUT2D eigenvalue weighted by atomic mass is 79.9. The van der Waals surface area contributed by atoms with E-state index in [1.54, 1.807) is 12.1 Å². The summed E-state index contributed by atoms with van der Waals surface area (Å²) in [5.41, 5.74) is 0.538. The van der Waals surface area contributed by atoms with Crippen molar-refractivity contribution in [2.75, 3.05) is 49.1 Å². The fraction of sp³-hybridized carbons (Fsp3) is 0.476. The van der Waals surface area contributed by atoms with E-state index in [4.69, 9.17) is 11.6 Å². The van der Waals surface area contributed by atoms with E-state index in [-0.39, 0.29) is 5.91 Å². The number of piperazine rings is 1. The third kappa shape index (κ3) is 4.83. The Labute approximate surface area is 185 Å². The fourth-order valence-corrected chi connectivity index (χ4v) is 4.49. The van der Waals surface area contributed by atoms with E-state index in [0.717, 1.165) is 42.3 Å². The molecular weight excluding hydrogens is 454 g/mol. The molecule has 1 amide bonds. The topological polar surface area (TPSA) is 52.6 Å². The number of halogens is 2. The second-order valence-corrected chi connectivity index (χ2v) is 8.88. The van der Waals surface area contributed by atoms with Crippen LogP contribution in [0, 0.1) is 0 Å². The number of anilines is 2. The van der Waals surface area contributed by atoms with Crippen molar-refractivity contribution in [3.63, 3.8) is 0 Å². The summed E-state index contributed by atoms with van der Waals surface area (Å²) in [5.74, 6) is 1.81. The number of benzene rings is 1. The van der Waals surface area contributed by atoms with Crippen LogP contribution >= 0.6 is 27.5 Å². The van der Waals surface area contributed by atoms with Gasteiger partial charge in [-0.25, -0.2) is 0 Å². The van der Waals surface area contributed by atoms with Crippen molar-refractivity contribution in [3.05, 3.63) is 45.4 Å². The highest BCUT2D eigenvalue weighted by Crippen LogP contribution is 2.24. The van der Waals surface area contributed by atoms with Gasteiger partial charge in [0, 0.05) is 43.7 Å². The summed E-state index contributed by atoms with van der Waals surface area (Å²) in [6.07, 6.45) is 5.05. The maximum absolute atomic E-state index is 12.8. The Balaban J connectivity index is 1.36. The molecule has 1 aromatic heterocycles. The highest BCUT2D eigenvalue weighted by Gasteiger charge is 2.25. The van der Waals surface area contributed by atoms with Crippen molar-refractivity contribution in [1.29, 1.82) is 0 Å². The lowest BCUT2D eigenvalue weighted by Gasteiger charge is -2.35. The summed E-state index contributed by atoms with van der Waals surface area (Å²) >= 11 is 9.63. The van der Waals surface area contributed by atoms with E-state index in [2.05, 4.69) is 48.1 Å². The van der Waals surface area contributed by atoms with Gasteiger partial charge in [-0.05, 0) is 43.2 Å². The van der Waals surface area contributed by atoms with Crippen LogP contribution in [0.5, 0.6) is 0 Å². The van der Waals surface area contributed by atoms with Crippen molar-refractivity contribution >= 4 is 45.1 Å². The number of hydrogen-bond acceptors (Lipinski definition) is 5. The molecule has 0 radical (unpaired) electrons. The Hall–Kier alpha value is -1.86. The van der Waals surface area contributed by atoms with Crippen LogP contribution in [-0.2, 0) is 0 Å². The third-order valence-corrected chi connectivity index (χ3v) is 6.44. The normalized spacial score (nSPS) is 17.9. The molecule has 2 saturated heterocycles. The molecule has 29 heavy (non-hydrogen) atoms. The van der Waals surface area contributed by atoms with Crippen molar-refractivity contribution in [2.45, 2.75) is 25.7 Å². The molecule has 2 aliphatic rings. The molecule has 2 aliphatic heterocycles. The molecule has 0 bridgehead atoms. The van der Waals surface area contributed by atoms with Crippen LogP contribution in [0.1, 0.15) is 36.0 Å². The molecule has 2 fully saturated rings. The smallest absolute Gasteiger partial charge is 0.255 e. The number of carbonyl (C=O) groups excluding carboxylic acids is 1. The molecule has 0 atom stereocenters. The number of carbonyl (C=O) groups is 1. The van der Waals surface area contributed by atoms with Gasteiger partial charge in [0.15, 0.2) is 11.6 Å². The molecule has 1 aromatic carbocycles. The summed E-state index contributed by atoms with van der Waals surface area (Å²) in [7, 11) is 0. The van der Waals surface area contributed by atoms with Crippen molar-refractivity contribution < 1.29 is 4.79 Å². The van der Waals surface area contributed by atoms with Crippen molar-refractivity contribution in [2.24, 2.45) is 0 Å². The Morgan fingerprint density at radius 1 is 0.828 bits per heavy atom. The van der Waals surface area contributed by atoms with Crippen LogP contribution < -0.4 is 9.80 Å². The first-order valence-electron chi connectivity index (χ1n) is 10.2. The molecule has 154 valence electrons. The largest absolute Gasteiger partial charge is 0.355 e. The Morgan fingerprint density at radius 2 is 1.41 bits per heavy atom. The first-order chi connectivity index (χ1) is 14.1. The summed E-state index contributed by atoms with van der Waals surface area (Å²) in [5, 5.41) is 9.42. The average molecular weight is 479 g/mol. The number of amides is 1. The minimum atomic E-state index is -0.0291. The van der Waals surface area contributed by atoms with Crippen molar-refractivity contribution in [1.82, 2.24) is 15.1 Å². The van der Waals surface area contributed by atoms with E-state index in [1.165, 1.54) is 25.7 Å². The molecule has 8 heteroatoms. The van der Waals surface area contributed by atoms with Gasteiger partial charge in [0.1, 0.15) is 0 Å². The van der Waals surface area contributed by atoms with Crippen LogP contribution in [0.3, 0.4) is 0 Å². The van der Waals surface area contributed by atoms with E-state index in [9.17, 15) is 4.79 Å². The Bertz CT molecular complexity index is 847. The maximum atomic E-state index is 12.8. The number of rotatable bonds is 3. The second-order valence-electron chi connectivity index (χ2n) is 7.55. The summed E-state index contributed by atoms with van der Waals surface area (Å²) in [4.78, 5) is 19.2. The molecule has 0 spiro atoms. The lowest BCUT2D eigenvalue weighted by Crippen LogP contribution is -2.49. The zero-order valence-electron chi connectivity index (χ0n) is 16.4. The Morgan fingerprint density at radius 3 is 2.00 bits per heavy atom. The molecular formula is C21H25BrClN5O. The van der Waals surface area contributed by atoms with Gasteiger partial charge < -0.3 is 14.7 Å². The SMILES string of the molecule is O=C(c1cc(Br)ccc1Cl)N1CCN(c2ccc(N3CCCCCC3)nn2)CC1. The number of hydrogen-bond donors (Lipinski definition) is 0. The minimum Gasteiger partial charge on any atom is -0.355 e. The zero-order valence-corrected chi connectivity index (χ0v) is 18.7. The van der Waals surface area contributed by atoms with Gasteiger partial charge in [0.2, 0.25) is 0 Å². The summed E-state index contributed by atoms with van der Waals surface area (Å²) in [6.45, 7) is 4.86. The summed E-state index contributed by atoms with van der Waals surface area (Å²) in [6, 6.07) is 9.49. The van der Waals surface area contributed by atoms with Gasteiger partial charge in [0.05, 0.1) is 10.6 Å². The van der Waals surface area contributed by atoms with Crippen molar-refractivity contribution in [3.8, 4) is 0 Å². The maximum Gasteiger partial charge on any atom is 0.255 e. The lowest BCUT2D eigenvalue weighted by molar-refractivity contribution is 0.0746. The molecule has 2 aromatic rings. The van der Waals surface area contributed by atoms with Gasteiger partial charge >= 0.3 is 0 Å². The predicted molar refractivity (Wildman–Crippen MR) is 120 cm³/mol. The first kappa shape index (κ1) is 20.4. The highest BCUT2D eigenvalue weighted by molar-refractivity contribution is 9.10. The van der Waals surface area contributed by atoms with Crippen LogP contribution in [0.2, 0.25) is 5.02 Å². The summed E-state index contributed by atoms with van der Waals surface area (Å²) < 4.78 is 0.851. The molecule has 0 aliphatic carbocycles. The zero-order chi connectivity index (χ0) is 20.2. The number of aromatic nitrogens is 2. The van der Waals surface area contributed by atoms with E-state index in [1.807, 2.05) is 11.0 Å². The lowest BCUT2D eigenvalue weighted by atomic mass is 10.2. The molecule has 0 N–H and O–H groups in total. The molecule has 0 unspecified atom stereocenters. The van der Waals surface area contributed by atoms with Gasteiger partial charge in [-0.1, -0.05) is 40.4 Å². The van der Waals surface area contributed by atoms with Gasteiger partial charge in [0.25, 0.3) is 5.91 Å². The van der Waals surface area contributed by atoms with Crippen LogP contribution in [0.4, 0.5) is 11.6 Å². The van der Waals surface area contributed by atoms with Crippen LogP contribution in [0.15, 0.2) is 34.8 Å². The standard InChI is InChI=1S/C21H25BrClN5O/c22-16-5-6-18(23)17(15-16)21(29)28-13-11-27(12-14-28)20-8-7-19(24-25-20)26-9-3-1-2-4-10-26/h5-8,15H,1-4,9-14H2. The molecule has 4 rings (SSSR count). The van der Waals surface area contributed by atoms with Gasteiger partial charge in [-0.15, -0.1) is 10.2 Å². The van der Waals surface area contributed by atoms with Gasteiger partial charge in [-0.3, -0.25) is 4.79 Å². The predicted octanol–water partition coefficient (Wildman–Crippen LogP) is 4.24. The first-order valence-corrected chi connectivity index (χ1v) is 11.4.